The molecule has 7 heteroatoms. The van der Waals surface area contributed by atoms with Crippen LogP contribution in [0.2, 0.25) is 0 Å². The number of fused-ring (bicyclic) bond motifs is 2. The normalized spacial score (nSPS) is 15.5. The number of benzene rings is 3. The molecule has 6 nitrogen and oxygen atoms in total. The third-order valence-electron chi connectivity index (χ3n) is 8.27. The van der Waals surface area contributed by atoms with Crippen LogP contribution in [0.1, 0.15) is 82.6 Å². The SMILES string of the molecule is Cc1c(-c2c(C)c3c(c(C)c2[C@@H](OC(C)(C)C)C(=O)O)CCN(C(=O)c2ccccc2)C3)cc(F)c2c1CCCO2. The molecule has 41 heavy (non-hydrogen) atoms. The topological polar surface area (TPSA) is 76.1 Å². The summed E-state index contributed by atoms with van der Waals surface area (Å²) in [6.07, 6.45) is 0.798. The molecule has 0 saturated heterocycles. The molecule has 1 N–H and O–H groups in total. The van der Waals surface area contributed by atoms with Gasteiger partial charge in [-0.05, 0) is 118 Å². The number of hydrogen-bond acceptors (Lipinski definition) is 4. The Bertz CT molecular complexity index is 1520. The third kappa shape index (κ3) is 5.35. The number of nitrogens with zero attached hydrogens (tertiary/aromatic N) is 1. The number of carboxylic acid groups (broad SMARTS) is 1. The van der Waals surface area contributed by atoms with Crippen LogP contribution in [0.15, 0.2) is 36.4 Å². The van der Waals surface area contributed by atoms with Crippen molar-refractivity contribution in [2.24, 2.45) is 0 Å². The number of carbonyl (C=O) groups excluding carboxylic acids is 1. The number of rotatable bonds is 5. The molecule has 0 spiro atoms. The van der Waals surface area contributed by atoms with Gasteiger partial charge in [-0.25, -0.2) is 9.18 Å². The summed E-state index contributed by atoms with van der Waals surface area (Å²) in [6, 6.07) is 10.7. The van der Waals surface area contributed by atoms with Gasteiger partial charge in [0.2, 0.25) is 0 Å². The van der Waals surface area contributed by atoms with Crippen molar-refractivity contribution in [3.8, 4) is 16.9 Å². The monoisotopic (exact) mass is 559 g/mol. The lowest BCUT2D eigenvalue weighted by Crippen LogP contribution is -2.37. The highest BCUT2D eigenvalue weighted by atomic mass is 19.1. The Hall–Kier alpha value is -3.71. The Morgan fingerprint density at radius 2 is 1.71 bits per heavy atom. The molecule has 1 atom stereocenters. The number of hydrogen-bond donors (Lipinski definition) is 1. The molecule has 3 aromatic carbocycles. The summed E-state index contributed by atoms with van der Waals surface area (Å²) in [5, 5.41) is 10.5. The Labute approximate surface area is 241 Å². The second-order valence-corrected chi connectivity index (χ2v) is 12.1. The molecule has 2 heterocycles. The fraction of sp³-hybridized carbons (Fsp3) is 0.412. The summed E-state index contributed by atoms with van der Waals surface area (Å²) in [5.74, 6) is -1.32. The molecule has 0 fully saturated rings. The minimum absolute atomic E-state index is 0.0495. The van der Waals surface area contributed by atoms with E-state index in [2.05, 4.69) is 0 Å². The molecule has 2 aliphatic heterocycles. The first-order valence-corrected chi connectivity index (χ1v) is 14.2. The first-order chi connectivity index (χ1) is 19.4. The van der Waals surface area contributed by atoms with Crippen molar-refractivity contribution in [3.63, 3.8) is 0 Å². The predicted octanol–water partition coefficient (Wildman–Crippen LogP) is 6.88. The van der Waals surface area contributed by atoms with E-state index in [-0.39, 0.29) is 11.7 Å². The predicted molar refractivity (Wildman–Crippen MR) is 156 cm³/mol. The molecular weight excluding hydrogens is 521 g/mol. The molecule has 0 bridgehead atoms. The second-order valence-electron chi connectivity index (χ2n) is 12.1. The number of halogens is 1. The maximum absolute atomic E-state index is 15.6. The van der Waals surface area contributed by atoms with Gasteiger partial charge in [0.25, 0.3) is 5.91 Å². The molecule has 0 saturated carbocycles. The van der Waals surface area contributed by atoms with Crippen molar-refractivity contribution < 1.29 is 28.6 Å². The van der Waals surface area contributed by atoms with Crippen LogP contribution in [0, 0.1) is 26.6 Å². The molecular formula is C34H38FNO5. The maximum atomic E-state index is 15.6. The van der Waals surface area contributed by atoms with Crippen LogP contribution >= 0.6 is 0 Å². The average molecular weight is 560 g/mol. The summed E-state index contributed by atoms with van der Waals surface area (Å²) in [4.78, 5) is 28.0. The molecule has 216 valence electrons. The Morgan fingerprint density at radius 1 is 1.00 bits per heavy atom. The fourth-order valence-corrected chi connectivity index (χ4v) is 6.34. The molecule has 5 rings (SSSR count). The summed E-state index contributed by atoms with van der Waals surface area (Å²) in [6.45, 7) is 12.7. The van der Waals surface area contributed by atoms with Gasteiger partial charge in [-0.2, -0.15) is 0 Å². The van der Waals surface area contributed by atoms with Crippen LogP contribution in [0.25, 0.3) is 11.1 Å². The Kier molecular flexibility index (Phi) is 7.68. The number of ether oxygens (including phenoxy) is 2. The lowest BCUT2D eigenvalue weighted by molar-refractivity contribution is -0.160. The summed E-state index contributed by atoms with van der Waals surface area (Å²) in [7, 11) is 0. The van der Waals surface area contributed by atoms with Gasteiger partial charge in [0.1, 0.15) is 0 Å². The van der Waals surface area contributed by atoms with E-state index in [0.717, 1.165) is 39.8 Å². The highest BCUT2D eigenvalue weighted by Crippen LogP contribution is 2.46. The van der Waals surface area contributed by atoms with Crippen LogP contribution in [0.3, 0.4) is 0 Å². The van der Waals surface area contributed by atoms with Gasteiger partial charge in [-0.1, -0.05) is 18.2 Å². The highest BCUT2D eigenvalue weighted by Gasteiger charge is 2.36. The van der Waals surface area contributed by atoms with Crippen molar-refractivity contribution in [2.45, 2.75) is 79.1 Å². The van der Waals surface area contributed by atoms with E-state index in [9.17, 15) is 14.7 Å². The minimum atomic E-state index is -1.26. The molecule has 1 amide bonds. The molecule has 0 aromatic heterocycles. The maximum Gasteiger partial charge on any atom is 0.337 e. The van der Waals surface area contributed by atoms with Crippen molar-refractivity contribution >= 4 is 11.9 Å². The number of carbonyl (C=O) groups is 2. The van der Waals surface area contributed by atoms with Gasteiger partial charge in [-0.15, -0.1) is 0 Å². The molecule has 0 radical (unpaired) electrons. The van der Waals surface area contributed by atoms with Gasteiger partial charge in [0.05, 0.1) is 12.2 Å². The van der Waals surface area contributed by atoms with Gasteiger partial charge in [-0.3, -0.25) is 4.79 Å². The number of amides is 1. The van der Waals surface area contributed by atoms with Gasteiger partial charge < -0.3 is 19.5 Å². The Balaban J connectivity index is 1.75. The van der Waals surface area contributed by atoms with E-state index >= 15 is 4.39 Å². The zero-order chi connectivity index (χ0) is 29.6. The summed E-state index contributed by atoms with van der Waals surface area (Å²) in [5.41, 5.74) is 7.09. The van der Waals surface area contributed by atoms with E-state index in [1.54, 1.807) is 0 Å². The number of carboxylic acids is 1. The van der Waals surface area contributed by atoms with Gasteiger partial charge >= 0.3 is 5.97 Å². The fourth-order valence-electron chi connectivity index (χ4n) is 6.34. The van der Waals surface area contributed by atoms with E-state index < -0.39 is 23.5 Å². The molecule has 2 aliphatic rings. The lowest BCUT2D eigenvalue weighted by atomic mass is 9.78. The quantitative estimate of drug-likeness (QED) is 0.369. The Morgan fingerprint density at radius 3 is 2.37 bits per heavy atom. The zero-order valence-electron chi connectivity index (χ0n) is 24.7. The lowest BCUT2D eigenvalue weighted by Gasteiger charge is -2.36. The van der Waals surface area contributed by atoms with Crippen LogP contribution in [0.4, 0.5) is 4.39 Å². The zero-order valence-corrected chi connectivity index (χ0v) is 24.7. The molecule has 0 aliphatic carbocycles. The second kappa shape index (κ2) is 10.9. The van der Waals surface area contributed by atoms with E-state index in [1.165, 1.54) is 6.07 Å². The summed E-state index contributed by atoms with van der Waals surface area (Å²) >= 11 is 0. The standard InChI is InChI=1S/C34H38FNO5/c1-19-24-13-10-16-40-30(24)27(35)17-25(19)28-21(3)26-18-36(32(37)22-11-8-7-9-12-22)15-14-23(26)20(2)29(28)31(33(38)39)41-34(4,5)6/h7-9,11-12,17,31H,10,13-16,18H2,1-6H3,(H,38,39)/t31-/m1/s1. The number of aliphatic carboxylic acids is 1. The van der Waals surface area contributed by atoms with Crippen molar-refractivity contribution in [2.75, 3.05) is 13.2 Å². The van der Waals surface area contributed by atoms with Crippen LogP contribution < -0.4 is 4.74 Å². The van der Waals surface area contributed by atoms with Gasteiger partial charge in [0, 0.05) is 29.8 Å². The van der Waals surface area contributed by atoms with Crippen LogP contribution in [-0.4, -0.2) is 40.6 Å². The molecule has 0 unspecified atom stereocenters. The highest BCUT2D eigenvalue weighted by molar-refractivity contribution is 5.94. The summed E-state index contributed by atoms with van der Waals surface area (Å²) < 4.78 is 27.4. The average Bonchev–Trinajstić information content (AvgIpc) is 2.95. The van der Waals surface area contributed by atoms with Crippen molar-refractivity contribution in [3.05, 3.63) is 86.7 Å². The largest absolute Gasteiger partial charge is 0.490 e. The smallest absolute Gasteiger partial charge is 0.337 e. The first-order valence-electron chi connectivity index (χ1n) is 14.2. The minimum Gasteiger partial charge on any atom is -0.490 e. The third-order valence-corrected chi connectivity index (χ3v) is 8.27. The van der Waals surface area contributed by atoms with E-state index in [0.29, 0.717) is 54.8 Å². The van der Waals surface area contributed by atoms with Crippen molar-refractivity contribution in [1.29, 1.82) is 0 Å². The molecule has 3 aromatic rings. The van der Waals surface area contributed by atoms with E-state index in [4.69, 9.17) is 9.47 Å². The van der Waals surface area contributed by atoms with Gasteiger partial charge in [0.15, 0.2) is 17.7 Å². The van der Waals surface area contributed by atoms with Crippen LogP contribution in [-0.2, 0) is 28.9 Å². The van der Waals surface area contributed by atoms with Crippen molar-refractivity contribution in [1.82, 2.24) is 4.90 Å². The van der Waals surface area contributed by atoms with Crippen LogP contribution in [0.5, 0.6) is 5.75 Å². The van der Waals surface area contributed by atoms with E-state index in [1.807, 2.05) is 76.8 Å². The first kappa shape index (κ1) is 28.8.